The summed E-state index contributed by atoms with van der Waals surface area (Å²) in [5, 5.41) is 2.87. The molecule has 7 heteroatoms. The highest BCUT2D eigenvalue weighted by atomic mass is 16.5. The van der Waals surface area contributed by atoms with Gasteiger partial charge in [0.05, 0.1) is 25.3 Å². The van der Waals surface area contributed by atoms with Crippen LogP contribution in [-0.4, -0.2) is 36.6 Å². The standard InChI is InChI=1S/C18H19N3O4/c1-24-15-6-4-12(10-16(15)25-2)17(22)19-8-7-11-3-5-13-14(9-11)21-18(23)20-13/h3-6,9-10H,7-8H2,1-2H3,(H,19,22)(H2,20,21,23). The first-order valence-electron chi connectivity index (χ1n) is 7.82. The molecule has 1 amide bonds. The molecule has 0 bridgehead atoms. The molecule has 1 heterocycles. The van der Waals surface area contributed by atoms with Gasteiger partial charge in [-0.25, -0.2) is 4.79 Å². The second-order valence-electron chi connectivity index (χ2n) is 5.53. The predicted molar refractivity (Wildman–Crippen MR) is 94.5 cm³/mol. The highest BCUT2D eigenvalue weighted by Crippen LogP contribution is 2.27. The van der Waals surface area contributed by atoms with Crippen LogP contribution in [-0.2, 0) is 6.42 Å². The van der Waals surface area contributed by atoms with Crippen molar-refractivity contribution < 1.29 is 14.3 Å². The van der Waals surface area contributed by atoms with Gasteiger partial charge in [-0.3, -0.25) is 4.79 Å². The quantitative estimate of drug-likeness (QED) is 0.637. The van der Waals surface area contributed by atoms with Crippen molar-refractivity contribution in [3.63, 3.8) is 0 Å². The number of benzene rings is 2. The van der Waals surface area contributed by atoms with Gasteiger partial charge in [0.15, 0.2) is 11.5 Å². The number of H-pyrrole nitrogens is 2. The smallest absolute Gasteiger partial charge is 0.323 e. The molecule has 0 radical (unpaired) electrons. The molecule has 25 heavy (non-hydrogen) atoms. The number of aromatic nitrogens is 2. The fraction of sp³-hybridized carbons (Fsp3) is 0.222. The Labute approximate surface area is 144 Å². The zero-order chi connectivity index (χ0) is 17.8. The topological polar surface area (TPSA) is 96.2 Å². The van der Waals surface area contributed by atoms with Crippen molar-refractivity contribution >= 4 is 16.9 Å². The molecule has 2 aromatic carbocycles. The first kappa shape index (κ1) is 16.6. The number of fused-ring (bicyclic) bond motifs is 1. The van der Waals surface area contributed by atoms with E-state index in [-0.39, 0.29) is 11.6 Å². The average molecular weight is 341 g/mol. The lowest BCUT2D eigenvalue weighted by Gasteiger charge is -2.10. The van der Waals surface area contributed by atoms with Crippen LogP contribution in [0.1, 0.15) is 15.9 Å². The third kappa shape index (κ3) is 3.65. The number of rotatable bonds is 6. The highest BCUT2D eigenvalue weighted by molar-refractivity contribution is 5.94. The zero-order valence-corrected chi connectivity index (χ0v) is 14.0. The van der Waals surface area contributed by atoms with Crippen LogP contribution in [0.2, 0.25) is 0 Å². The second-order valence-corrected chi connectivity index (χ2v) is 5.53. The number of aromatic amines is 2. The van der Waals surface area contributed by atoms with Gasteiger partial charge in [-0.1, -0.05) is 6.07 Å². The third-order valence-electron chi connectivity index (χ3n) is 3.93. The van der Waals surface area contributed by atoms with Gasteiger partial charge in [-0.05, 0) is 42.3 Å². The molecule has 0 unspecified atom stereocenters. The number of amides is 1. The van der Waals surface area contributed by atoms with Crippen LogP contribution >= 0.6 is 0 Å². The number of hydrogen-bond acceptors (Lipinski definition) is 4. The summed E-state index contributed by atoms with van der Waals surface area (Å²) in [6, 6.07) is 10.7. The van der Waals surface area contributed by atoms with E-state index in [1.807, 2.05) is 18.2 Å². The number of methoxy groups -OCH3 is 2. The second kappa shape index (κ2) is 7.12. The van der Waals surface area contributed by atoms with E-state index in [0.717, 1.165) is 16.6 Å². The van der Waals surface area contributed by atoms with Gasteiger partial charge < -0.3 is 24.8 Å². The number of ether oxygens (including phenoxy) is 2. The van der Waals surface area contributed by atoms with E-state index in [1.54, 1.807) is 25.3 Å². The molecular weight excluding hydrogens is 322 g/mol. The molecule has 0 aliphatic heterocycles. The van der Waals surface area contributed by atoms with Gasteiger partial charge in [-0.2, -0.15) is 0 Å². The molecule has 0 saturated heterocycles. The van der Waals surface area contributed by atoms with Gasteiger partial charge in [0.1, 0.15) is 0 Å². The molecule has 0 spiro atoms. The zero-order valence-electron chi connectivity index (χ0n) is 14.0. The fourth-order valence-electron chi connectivity index (χ4n) is 2.64. The van der Waals surface area contributed by atoms with E-state index in [2.05, 4.69) is 15.3 Å². The van der Waals surface area contributed by atoms with Gasteiger partial charge in [0, 0.05) is 12.1 Å². The SMILES string of the molecule is COc1ccc(C(=O)NCCc2ccc3[nH]c(=O)[nH]c3c2)cc1OC. The Morgan fingerprint density at radius 2 is 1.76 bits per heavy atom. The summed E-state index contributed by atoms with van der Waals surface area (Å²) in [5.41, 5.74) is 2.82. The Bertz CT molecular complexity index is 958. The maximum Gasteiger partial charge on any atom is 0.323 e. The highest BCUT2D eigenvalue weighted by Gasteiger charge is 2.10. The number of nitrogens with one attached hydrogen (secondary N) is 3. The Hall–Kier alpha value is -3.22. The van der Waals surface area contributed by atoms with Crippen molar-refractivity contribution in [3.05, 3.63) is 58.0 Å². The van der Waals surface area contributed by atoms with Crippen LogP contribution in [0.25, 0.3) is 11.0 Å². The minimum absolute atomic E-state index is 0.183. The average Bonchev–Trinajstić information content (AvgIpc) is 3.00. The van der Waals surface area contributed by atoms with Crippen molar-refractivity contribution in [1.29, 1.82) is 0 Å². The molecule has 0 atom stereocenters. The Morgan fingerprint density at radius 3 is 2.52 bits per heavy atom. The molecule has 0 saturated carbocycles. The third-order valence-corrected chi connectivity index (χ3v) is 3.93. The monoisotopic (exact) mass is 341 g/mol. The van der Waals surface area contributed by atoms with Crippen LogP contribution in [0.15, 0.2) is 41.2 Å². The first-order chi connectivity index (χ1) is 12.1. The van der Waals surface area contributed by atoms with Crippen molar-refractivity contribution in [1.82, 2.24) is 15.3 Å². The van der Waals surface area contributed by atoms with E-state index in [4.69, 9.17) is 9.47 Å². The van der Waals surface area contributed by atoms with Crippen LogP contribution < -0.4 is 20.5 Å². The summed E-state index contributed by atoms with van der Waals surface area (Å²) in [5.74, 6) is 0.905. The Morgan fingerprint density at radius 1 is 1.00 bits per heavy atom. The predicted octanol–water partition coefficient (Wildman–Crippen LogP) is 1.85. The van der Waals surface area contributed by atoms with Crippen LogP contribution in [0.4, 0.5) is 0 Å². The van der Waals surface area contributed by atoms with E-state index in [1.165, 1.54) is 7.11 Å². The van der Waals surface area contributed by atoms with Gasteiger partial charge in [0.2, 0.25) is 0 Å². The van der Waals surface area contributed by atoms with Crippen LogP contribution in [0.3, 0.4) is 0 Å². The number of carbonyl (C=O) groups excluding carboxylic acids is 1. The minimum atomic E-state index is -0.228. The molecule has 0 aliphatic rings. The molecule has 3 aromatic rings. The summed E-state index contributed by atoms with van der Waals surface area (Å²) in [6.45, 7) is 0.480. The Balaban J connectivity index is 1.62. The lowest BCUT2D eigenvalue weighted by atomic mass is 10.1. The van der Waals surface area contributed by atoms with Crippen molar-refractivity contribution in [2.75, 3.05) is 20.8 Å². The molecule has 0 aliphatic carbocycles. The molecule has 3 N–H and O–H groups in total. The largest absolute Gasteiger partial charge is 0.493 e. The maximum atomic E-state index is 12.3. The number of imidazole rings is 1. The lowest BCUT2D eigenvalue weighted by molar-refractivity contribution is 0.0953. The molecule has 0 fully saturated rings. The molecule has 7 nitrogen and oxygen atoms in total. The van der Waals surface area contributed by atoms with Crippen LogP contribution in [0.5, 0.6) is 11.5 Å². The molecular formula is C18H19N3O4. The molecule has 130 valence electrons. The van der Waals surface area contributed by atoms with Crippen molar-refractivity contribution in [3.8, 4) is 11.5 Å². The first-order valence-corrected chi connectivity index (χ1v) is 7.82. The van der Waals surface area contributed by atoms with E-state index in [9.17, 15) is 9.59 Å². The summed E-state index contributed by atoms with van der Waals surface area (Å²) in [6.07, 6.45) is 0.655. The van der Waals surface area contributed by atoms with E-state index in [0.29, 0.717) is 30.0 Å². The number of carbonyl (C=O) groups is 1. The Kier molecular flexibility index (Phi) is 4.74. The van der Waals surface area contributed by atoms with Gasteiger partial charge in [0.25, 0.3) is 5.91 Å². The van der Waals surface area contributed by atoms with E-state index >= 15 is 0 Å². The number of hydrogen-bond donors (Lipinski definition) is 3. The fourth-order valence-corrected chi connectivity index (χ4v) is 2.64. The maximum absolute atomic E-state index is 12.3. The van der Waals surface area contributed by atoms with Crippen molar-refractivity contribution in [2.24, 2.45) is 0 Å². The summed E-state index contributed by atoms with van der Waals surface area (Å²) >= 11 is 0. The minimum Gasteiger partial charge on any atom is -0.493 e. The summed E-state index contributed by atoms with van der Waals surface area (Å²) in [4.78, 5) is 29.0. The van der Waals surface area contributed by atoms with Gasteiger partial charge in [-0.15, -0.1) is 0 Å². The lowest BCUT2D eigenvalue weighted by Crippen LogP contribution is -2.25. The summed E-state index contributed by atoms with van der Waals surface area (Å²) < 4.78 is 10.4. The molecule has 3 rings (SSSR count). The molecule has 1 aromatic heterocycles. The van der Waals surface area contributed by atoms with Crippen molar-refractivity contribution in [2.45, 2.75) is 6.42 Å². The summed E-state index contributed by atoms with van der Waals surface area (Å²) in [7, 11) is 3.08. The van der Waals surface area contributed by atoms with Gasteiger partial charge >= 0.3 is 5.69 Å². The van der Waals surface area contributed by atoms with E-state index < -0.39 is 0 Å². The van der Waals surface area contributed by atoms with Crippen LogP contribution in [0, 0.1) is 0 Å². The normalized spacial score (nSPS) is 10.6.